The molecule has 2 aromatic rings. The van der Waals surface area contributed by atoms with Gasteiger partial charge in [0.25, 0.3) is 0 Å². The number of nitrogens with zero attached hydrogens (tertiary/aromatic N) is 2. The molecule has 11 heteroatoms. The van der Waals surface area contributed by atoms with Gasteiger partial charge in [0.15, 0.2) is 5.78 Å². The molecule has 2 aromatic carbocycles. The maximum Gasteiger partial charge on any atom is 0.218 e. The number of carbonyl (C=O) groups is 1. The number of halogens is 2. The summed E-state index contributed by atoms with van der Waals surface area (Å²) in [5.41, 5.74) is 16.0. The first-order valence-corrected chi connectivity index (χ1v) is 6.77. The van der Waals surface area contributed by atoms with Crippen molar-refractivity contribution in [3.8, 4) is 0 Å². The van der Waals surface area contributed by atoms with Gasteiger partial charge in [-0.05, 0) is 48.5 Å². The number of hydrogen-bond donors (Lipinski definition) is 6. The molecule has 0 aliphatic rings. The summed E-state index contributed by atoms with van der Waals surface area (Å²) < 4.78 is 0. The molecule has 0 fully saturated rings. The molecule has 0 saturated heterocycles. The first kappa shape index (κ1) is 23.1. The fraction of sp³-hybridized carbons (Fsp3) is 0. The Balaban J connectivity index is 0.00000312. The third-order valence-electron chi connectivity index (χ3n) is 2.99. The van der Waals surface area contributed by atoms with E-state index >= 15 is 0 Å². The standard InChI is InChI=1S/C15H16N6O3.2ClH/c16-14(20-23)18-11-5-1-9(2-6-11)13(22)10-3-7-12(8-4-10)19-15(17)21-24;;/h1-8,23-24H,(H3,16,18,20)(H3,17,19,21);2*1H. The van der Waals surface area contributed by atoms with Gasteiger partial charge in [0.1, 0.15) is 0 Å². The molecule has 0 aromatic heterocycles. The van der Waals surface area contributed by atoms with Gasteiger partial charge in [0.2, 0.25) is 11.9 Å². The van der Waals surface area contributed by atoms with Crippen LogP contribution in [0.4, 0.5) is 11.4 Å². The number of hydrogen-bond acceptors (Lipinski definition) is 5. The minimum absolute atomic E-state index is 0. The van der Waals surface area contributed by atoms with Crippen LogP contribution in [0.15, 0.2) is 58.5 Å². The lowest BCUT2D eigenvalue weighted by molar-refractivity contribution is 0.103. The quantitative estimate of drug-likeness (QED) is 0.197. The third-order valence-corrected chi connectivity index (χ3v) is 2.99. The summed E-state index contributed by atoms with van der Waals surface area (Å²) in [5, 5.41) is 17.2. The van der Waals surface area contributed by atoms with Crippen LogP contribution in [0.3, 0.4) is 0 Å². The highest BCUT2D eigenvalue weighted by molar-refractivity contribution is 6.09. The summed E-state index contributed by atoms with van der Waals surface area (Å²) in [6.07, 6.45) is 0. The molecule has 0 aliphatic heterocycles. The van der Waals surface area contributed by atoms with Crippen LogP contribution in [0.5, 0.6) is 0 Å². The Labute approximate surface area is 161 Å². The molecule has 8 N–H and O–H groups in total. The number of aliphatic imine (C=N–C) groups is 2. The van der Waals surface area contributed by atoms with Crippen molar-refractivity contribution >= 4 is 53.9 Å². The van der Waals surface area contributed by atoms with Crippen LogP contribution in [0.25, 0.3) is 0 Å². The van der Waals surface area contributed by atoms with Gasteiger partial charge in [0, 0.05) is 11.1 Å². The molecular weight excluding hydrogens is 383 g/mol. The molecule has 0 bridgehead atoms. The van der Waals surface area contributed by atoms with Gasteiger partial charge in [-0.15, -0.1) is 24.8 Å². The van der Waals surface area contributed by atoms with E-state index in [0.29, 0.717) is 22.5 Å². The van der Waals surface area contributed by atoms with Crippen LogP contribution in [-0.2, 0) is 0 Å². The van der Waals surface area contributed by atoms with Crippen LogP contribution in [0.1, 0.15) is 15.9 Å². The van der Waals surface area contributed by atoms with Gasteiger partial charge < -0.3 is 11.5 Å². The zero-order chi connectivity index (χ0) is 17.5. The molecule has 2 rings (SSSR count). The Bertz CT molecular complexity index is 713. The van der Waals surface area contributed by atoms with Crippen LogP contribution in [0.2, 0.25) is 0 Å². The van der Waals surface area contributed by atoms with Gasteiger partial charge in [0.05, 0.1) is 11.4 Å². The SMILES string of the molecule is Cl.Cl.NC(=Nc1ccc(C(=O)c2ccc(N=C(N)NO)cc2)cc1)NO. The number of nitrogens with two attached hydrogens (primary N) is 2. The first-order chi connectivity index (χ1) is 11.5. The van der Waals surface area contributed by atoms with E-state index in [-0.39, 0.29) is 42.5 Å². The smallest absolute Gasteiger partial charge is 0.218 e. The predicted molar refractivity (Wildman–Crippen MR) is 103 cm³/mol. The zero-order valence-corrected chi connectivity index (χ0v) is 14.9. The lowest BCUT2D eigenvalue weighted by Gasteiger charge is -2.03. The van der Waals surface area contributed by atoms with Crippen molar-refractivity contribution in [2.75, 3.05) is 0 Å². The number of rotatable bonds is 4. The van der Waals surface area contributed by atoms with Gasteiger partial charge in [-0.2, -0.15) is 0 Å². The van der Waals surface area contributed by atoms with E-state index in [0.717, 1.165) is 0 Å². The number of nitrogens with one attached hydrogen (secondary N) is 2. The zero-order valence-electron chi connectivity index (χ0n) is 13.3. The minimum atomic E-state index is -0.178. The largest absolute Gasteiger partial charge is 0.368 e. The van der Waals surface area contributed by atoms with Crippen molar-refractivity contribution in [3.63, 3.8) is 0 Å². The average Bonchev–Trinajstić information content (AvgIpc) is 2.62. The van der Waals surface area contributed by atoms with Crippen molar-refractivity contribution < 1.29 is 15.2 Å². The molecule has 0 amide bonds. The van der Waals surface area contributed by atoms with Gasteiger partial charge >= 0.3 is 0 Å². The van der Waals surface area contributed by atoms with E-state index in [1.165, 1.54) is 0 Å². The van der Waals surface area contributed by atoms with E-state index in [4.69, 9.17) is 21.9 Å². The molecule has 0 spiro atoms. The van der Waals surface area contributed by atoms with E-state index < -0.39 is 0 Å². The van der Waals surface area contributed by atoms with Crippen LogP contribution in [0, 0.1) is 0 Å². The Hall–Kier alpha value is -2.85. The summed E-state index contributed by atoms with van der Waals surface area (Å²) in [4.78, 5) is 20.1. The van der Waals surface area contributed by atoms with Crippen molar-refractivity contribution in [3.05, 3.63) is 59.7 Å². The van der Waals surface area contributed by atoms with E-state index in [9.17, 15) is 4.79 Å². The van der Waals surface area contributed by atoms with Crippen molar-refractivity contribution in [1.82, 2.24) is 11.0 Å². The van der Waals surface area contributed by atoms with Gasteiger partial charge in [-0.1, -0.05) is 0 Å². The second kappa shape index (κ2) is 10.9. The van der Waals surface area contributed by atoms with E-state index in [1.807, 2.05) is 0 Å². The Morgan fingerprint density at radius 2 is 1.04 bits per heavy atom. The van der Waals surface area contributed by atoms with E-state index in [1.54, 1.807) is 59.5 Å². The van der Waals surface area contributed by atoms with Gasteiger partial charge in [-0.3, -0.25) is 15.2 Å². The van der Waals surface area contributed by atoms with E-state index in [2.05, 4.69) is 9.98 Å². The van der Waals surface area contributed by atoms with Crippen LogP contribution < -0.4 is 22.4 Å². The van der Waals surface area contributed by atoms with Crippen molar-refractivity contribution in [2.45, 2.75) is 0 Å². The predicted octanol–water partition coefficient (Wildman–Crippen LogP) is 1.61. The molecule has 0 unspecified atom stereocenters. The Morgan fingerprint density at radius 3 is 1.31 bits per heavy atom. The molecule has 0 aliphatic carbocycles. The third kappa shape index (κ3) is 6.22. The van der Waals surface area contributed by atoms with Crippen LogP contribution >= 0.6 is 24.8 Å². The molecular formula is C15H18Cl2N6O3. The monoisotopic (exact) mass is 400 g/mol. The second-order valence-corrected chi connectivity index (χ2v) is 4.64. The average molecular weight is 401 g/mol. The maximum absolute atomic E-state index is 12.4. The van der Waals surface area contributed by atoms with Gasteiger partial charge in [-0.25, -0.2) is 20.9 Å². The van der Waals surface area contributed by atoms with Crippen molar-refractivity contribution in [2.24, 2.45) is 21.5 Å². The first-order valence-electron chi connectivity index (χ1n) is 6.77. The Morgan fingerprint density at radius 1 is 0.731 bits per heavy atom. The van der Waals surface area contributed by atoms with Crippen LogP contribution in [-0.4, -0.2) is 28.1 Å². The fourth-order valence-electron chi connectivity index (χ4n) is 1.87. The van der Waals surface area contributed by atoms with Crippen molar-refractivity contribution in [1.29, 1.82) is 0 Å². The normalized spacial score (nSPS) is 11.0. The summed E-state index contributed by atoms with van der Waals surface area (Å²) in [5.74, 6) is -0.480. The second-order valence-electron chi connectivity index (χ2n) is 4.64. The number of carbonyl (C=O) groups excluding carboxylic acids is 1. The summed E-state index contributed by atoms with van der Waals surface area (Å²) in [7, 11) is 0. The lowest BCUT2D eigenvalue weighted by atomic mass is 10.0. The number of ketones is 1. The summed E-state index contributed by atoms with van der Waals surface area (Å²) in [6.45, 7) is 0. The fourth-order valence-corrected chi connectivity index (χ4v) is 1.87. The molecule has 0 heterocycles. The highest BCUT2D eigenvalue weighted by Crippen LogP contribution is 2.18. The number of benzene rings is 2. The molecule has 0 atom stereocenters. The molecule has 140 valence electrons. The maximum atomic E-state index is 12.4. The molecule has 9 nitrogen and oxygen atoms in total. The number of hydroxylamine groups is 2. The lowest BCUT2D eigenvalue weighted by Crippen LogP contribution is -2.27. The number of guanidine groups is 2. The molecule has 0 radical (unpaired) electrons. The molecule has 0 saturated carbocycles. The minimum Gasteiger partial charge on any atom is -0.368 e. The topological polar surface area (TPSA) is 158 Å². The summed E-state index contributed by atoms with van der Waals surface area (Å²) >= 11 is 0. The summed E-state index contributed by atoms with van der Waals surface area (Å²) in [6, 6.07) is 12.8. The molecule has 26 heavy (non-hydrogen) atoms. The highest BCUT2D eigenvalue weighted by atomic mass is 35.5. The Kier molecular flexibility index (Phi) is 9.71. The highest BCUT2D eigenvalue weighted by Gasteiger charge is 2.09.